The highest BCUT2D eigenvalue weighted by Crippen LogP contribution is 2.21. The van der Waals surface area contributed by atoms with E-state index in [-0.39, 0.29) is 12.2 Å². The van der Waals surface area contributed by atoms with Crippen molar-refractivity contribution in [1.29, 1.82) is 0 Å². The second kappa shape index (κ2) is 7.89. The van der Waals surface area contributed by atoms with Gasteiger partial charge in [-0.25, -0.2) is 9.37 Å². The van der Waals surface area contributed by atoms with E-state index < -0.39 is 5.97 Å². The second-order valence-corrected chi connectivity index (χ2v) is 6.09. The first-order chi connectivity index (χ1) is 10.5. The number of carbonyl (C=O) groups is 1. The zero-order chi connectivity index (χ0) is 15.9. The fraction of sp³-hybridized carbons (Fsp3) is 0.375. The number of nitrogens with zero attached hydrogens (tertiary/aromatic N) is 1. The Morgan fingerprint density at radius 2 is 2.23 bits per heavy atom. The topological polar surface area (TPSA) is 59.4 Å². The number of aliphatic carboxylic acids is 1. The number of carboxylic acid groups (broad SMARTS) is 1. The molecule has 0 aliphatic rings. The molecule has 2 aromatic rings. The van der Waals surface area contributed by atoms with Crippen molar-refractivity contribution >= 4 is 17.3 Å². The number of halogens is 1. The molecule has 0 saturated carbocycles. The van der Waals surface area contributed by atoms with Crippen LogP contribution in [0.2, 0.25) is 0 Å². The van der Waals surface area contributed by atoms with Gasteiger partial charge < -0.3 is 9.84 Å². The summed E-state index contributed by atoms with van der Waals surface area (Å²) in [7, 11) is 0. The Morgan fingerprint density at radius 1 is 1.41 bits per heavy atom. The van der Waals surface area contributed by atoms with Crippen molar-refractivity contribution < 1.29 is 19.0 Å². The molecule has 4 nitrogen and oxygen atoms in total. The predicted molar refractivity (Wildman–Crippen MR) is 83.0 cm³/mol. The van der Waals surface area contributed by atoms with Gasteiger partial charge in [0.05, 0.1) is 23.7 Å². The molecule has 0 atom stereocenters. The molecule has 0 aliphatic heterocycles. The van der Waals surface area contributed by atoms with Crippen LogP contribution >= 0.6 is 11.3 Å². The van der Waals surface area contributed by atoms with Crippen molar-refractivity contribution in [2.45, 2.75) is 32.6 Å². The van der Waals surface area contributed by atoms with E-state index in [0.29, 0.717) is 18.8 Å². The number of aromatic nitrogens is 1. The molecule has 0 spiro atoms. The molecular formula is C16H18FNO3S. The van der Waals surface area contributed by atoms with Crippen molar-refractivity contribution in [1.82, 2.24) is 4.98 Å². The molecule has 118 valence electrons. The molecular weight excluding hydrogens is 305 g/mol. The summed E-state index contributed by atoms with van der Waals surface area (Å²) in [4.78, 5) is 16.1. The lowest BCUT2D eigenvalue weighted by Gasteiger charge is -2.04. The molecule has 0 unspecified atom stereocenters. The van der Waals surface area contributed by atoms with Gasteiger partial charge in [0.1, 0.15) is 11.6 Å². The van der Waals surface area contributed by atoms with Crippen LogP contribution < -0.4 is 4.74 Å². The van der Waals surface area contributed by atoms with Gasteiger partial charge in [0.25, 0.3) is 0 Å². The second-order valence-electron chi connectivity index (χ2n) is 4.92. The van der Waals surface area contributed by atoms with Crippen LogP contribution in [0, 0.1) is 12.7 Å². The monoisotopic (exact) mass is 323 g/mol. The Labute approximate surface area is 132 Å². The molecule has 0 amide bonds. The van der Waals surface area contributed by atoms with E-state index in [0.717, 1.165) is 28.4 Å². The normalized spacial score (nSPS) is 10.6. The van der Waals surface area contributed by atoms with E-state index in [1.807, 2.05) is 6.92 Å². The lowest BCUT2D eigenvalue weighted by atomic mass is 10.2. The van der Waals surface area contributed by atoms with Crippen LogP contribution in [0.5, 0.6) is 5.75 Å². The van der Waals surface area contributed by atoms with Gasteiger partial charge in [-0.2, -0.15) is 0 Å². The summed E-state index contributed by atoms with van der Waals surface area (Å²) in [5.74, 6) is -0.577. The zero-order valence-corrected chi connectivity index (χ0v) is 13.2. The summed E-state index contributed by atoms with van der Waals surface area (Å²) >= 11 is 1.56. The average molecular weight is 323 g/mol. The van der Waals surface area contributed by atoms with Gasteiger partial charge in [0.2, 0.25) is 0 Å². The number of aryl methyl sites for hydroxylation is 3. The number of ether oxygens (including phenoxy) is 1. The van der Waals surface area contributed by atoms with Crippen LogP contribution in [0.15, 0.2) is 24.3 Å². The van der Waals surface area contributed by atoms with E-state index in [1.165, 1.54) is 12.1 Å². The highest BCUT2D eigenvalue weighted by atomic mass is 32.1. The van der Waals surface area contributed by atoms with E-state index in [2.05, 4.69) is 4.98 Å². The Hall–Kier alpha value is -1.95. The van der Waals surface area contributed by atoms with Gasteiger partial charge in [0, 0.05) is 17.4 Å². The lowest BCUT2D eigenvalue weighted by Crippen LogP contribution is -1.99. The number of thiazole rings is 1. The highest BCUT2D eigenvalue weighted by Gasteiger charge is 2.09. The van der Waals surface area contributed by atoms with Crippen LogP contribution in [0.1, 0.15) is 28.4 Å². The minimum atomic E-state index is -0.794. The summed E-state index contributed by atoms with van der Waals surface area (Å²) in [6.45, 7) is 2.40. The molecule has 2 rings (SSSR count). The van der Waals surface area contributed by atoms with Crippen LogP contribution in [-0.2, 0) is 17.6 Å². The molecule has 0 fully saturated rings. The van der Waals surface area contributed by atoms with E-state index in [1.54, 1.807) is 23.5 Å². The Morgan fingerprint density at radius 3 is 2.95 bits per heavy atom. The Balaban J connectivity index is 1.77. The molecule has 6 heteroatoms. The number of hydrogen-bond donors (Lipinski definition) is 1. The van der Waals surface area contributed by atoms with Crippen molar-refractivity contribution in [2.24, 2.45) is 0 Å². The van der Waals surface area contributed by atoms with Gasteiger partial charge >= 0.3 is 5.97 Å². The molecule has 0 aliphatic carbocycles. The van der Waals surface area contributed by atoms with Crippen molar-refractivity contribution in [3.05, 3.63) is 45.7 Å². The largest absolute Gasteiger partial charge is 0.493 e. The summed E-state index contributed by atoms with van der Waals surface area (Å²) < 4.78 is 18.5. The van der Waals surface area contributed by atoms with Crippen LogP contribution in [0.25, 0.3) is 0 Å². The van der Waals surface area contributed by atoms with Crippen molar-refractivity contribution in [3.63, 3.8) is 0 Å². The average Bonchev–Trinajstić information content (AvgIpc) is 2.82. The first-order valence-electron chi connectivity index (χ1n) is 7.10. The first-order valence-corrected chi connectivity index (χ1v) is 7.91. The van der Waals surface area contributed by atoms with E-state index in [9.17, 15) is 9.18 Å². The van der Waals surface area contributed by atoms with Gasteiger partial charge in [-0.1, -0.05) is 6.07 Å². The first kappa shape index (κ1) is 16.4. The fourth-order valence-electron chi connectivity index (χ4n) is 2.02. The molecule has 1 aromatic carbocycles. The molecule has 0 saturated heterocycles. The smallest absolute Gasteiger partial charge is 0.303 e. The quantitative estimate of drug-likeness (QED) is 0.754. The van der Waals surface area contributed by atoms with Gasteiger partial charge in [-0.3, -0.25) is 4.79 Å². The summed E-state index contributed by atoms with van der Waals surface area (Å²) in [6.07, 6.45) is 2.21. The molecule has 1 N–H and O–H groups in total. The van der Waals surface area contributed by atoms with Gasteiger partial charge in [-0.15, -0.1) is 11.3 Å². The summed E-state index contributed by atoms with van der Waals surface area (Å²) in [6, 6.07) is 6.08. The van der Waals surface area contributed by atoms with Crippen LogP contribution in [-0.4, -0.2) is 22.7 Å². The Kier molecular flexibility index (Phi) is 5.89. The summed E-state index contributed by atoms with van der Waals surface area (Å²) in [5, 5.41) is 9.70. The maximum atomic E-state index is 13.0. The van der Waals surface area contributed by atoms with Gasteiger partial charge in [-0.05, 0) is 31.9 Å². The SMILES string of the molecule is Cc1nc(CCCOc2cccc(F)c2)sc1CCC(=O)O. The third kappa shape index (κ3) is 5.11. The van der Waals surface area contributed by atoms with Crippen molar-refractivity contribution in [3.8, 4) is 5.75 Å². The zero-order valence-electron chi connectivity index (χ0n) is 12.3. The van der Waals surface area contributed by atoms with Gasteiger partial charge in [0.15, 0.2) is 0 Å². The summed E-state index contributed by atoms with van der Waals surface area (Å²) in [5.41, 5.74) is 0.910. The molecule has 0 bridgehead atoms. The third-order valence-corrected chi connectivity index (χ3v) is 4.38. The number of hydrogen-bond acceptors (Lipinski definition) is 4. The van der Waals surface area contributed by atoms with Crippen molar-refractivity contribution in [2.75, 3.05) is 6.61 Å². The third-order valence-electron chi connectivity index (χ3n) is 3.10. The van der Waals surface area contributed by atoms with E-state index >= 15 is 0 Å². The van der Waals surface area contributed by atoms with E-state index in [4.69, 9.17) is 9.84 Å². The lowest BCUT2D eigenvalue weighted by molar-refractivity contribution is -0.136. The highest BCUT2D eigenvalue weighted by molar-refractivity contribution is 7.11. The molecule has 22 heavy (non-hydrogen) atoms. The molecule has 1 aromatic heterocycles. The fourth-order valence-corrected chi connectivity index (χ4v) is 3.13. The predicted octanol–water partition coefficient (Wildman–Crippen LogP) is 3.62. The minimum Gasteiger partial charge on any atom is -0.493 e. The Bertz CT molecular complexity index is 642. The minimum absolute atomic E-state index is 0.130. The maximum absolute atomic E-state index is 13.0. The van der Waals surface area contributed by atoms with Crippen LogP contribution in [0.3, 0.4) is 0 Å². The van der Waals surface area contributed by atoms with Crippen LogP contribution in [0.4, 0.5) is 4.39 Å². The standard InChI is InChI=1S/C16H18FNO3S/c1-11-14(7-8-16(19)20)22-15(18-11)6-3-9-21-13-5-2-4-12(17)10-13/h2,4-5,10H,3,6-9H2,1H3,(H,19,20). The number of carboxylic acids is 1. The molecule has 1 heterocycles. The number of benzene rings is 1. The number of rotatable bonds is 8. The maximum Gasteiger partial charge on any atom is 0.303 e. The molecule has 0 radical (unpaired) electrons.